The van der Waals surface area contributed by atoms with Crippen molar-refractivity contribution >= 4 is 37.8 Å². The van der Waals surface area contributed by atoms with Crippen LogP contribution in [0.5, 0.6) is 0 Å². The fourth-order valence-corrected chi connectivity index (χ4v) is 1.67. The lowest BCUT2D eigenvalue weighted by atomic mass is 10.2. The van der Waals surface area contributed by atoms with E-state index >= 15 is 0 Å². The number of hydrogen-bond acceptors (Lipinski definition) is 1. The van der Waals surface area contributed by atoms with Crippen LogP contribution in [-0.4, -0.2) is 5.91 Å². The third kappa shape index (κ3) is 1.88. The molecular weight excluding hydrogens is 312 g/mol. The van der Waals surface area contributed by atoms with Crippen LogP contribution < -0.4 is 5.73 Å². The Morgan fingerprint density at radius 3 is 2.38 bits per heavy atom. The number of carbonyl (C=O) groups excluding carboxylic acids is 1. The molecule has 0 spiro atoms. The van der Waals surface area contributed by atoms with Crippen LogP contribution in [0.1, 0.15) is 10.4 Å². The molecule has 0 fully saturated rings. The fraction of sp³-hybridized carbons (Fsp3) is 0. The molecule has 0 unspecified atom stereocenters. The molecule has 2 nitrogen and oxygen atoms in total. The molecule has 1 aromatic carbocycles. The molecule has 70 valence electrons. The molecule has 1 aromatic rings. The van der Waals surface area contributed by atoms with E-state index in [9.17, 15) is 13.6 Å². The maximum absolute atomic E-state index is 13.0. The van der Waals surface area contributed by atoms with Crippen molar-refractivity contribution in [2.45, 2.75) is 0 Å². The summed E-state index contributed by atoms with van der Waals surface area (Å²) in [5.74, 6) is -3.39. The molecular formula is C7H3Br2F2NO. The second-order valence-electron chi connectivity index (χ2n) is 2.21. The minimum atomic E-state index is -1.25. The third-order valence-corrected chi connectivity index (χ3v) is 3.34. The number of benzene rings is 1. The first-order valence-corrected chi connectivity index (χ1v) is 4.66. The van der Waals surface area contributed by atoms with Crippen molar-refractivity contribution in [2.24, 2.45) is 5.73 Å². The predicted octanol–water partition coefficient (Wildman–Crippen LogP) is 2.59. The zero-order chi connectivity index (χ0) is 10.2. The highest BCUT2D eigenvalue weighted by atomic mass is 79.9. The number of halogens is 4. The van der Waals surface area contributed by atoms with Gasteiger partial charge in [0.15, 0.2) is 11.6 Å². The standard InChI is InChI=1S/C7H3Br2F2NO/c8-2-1-3(10)6(11)4(5(2)9)7(12)13/h1H,(H2,12,13). The maximum Gasteiger partial charge on any atom is 0.252 e. The van der Waals surface area contributed by atoms with E-state index in [1.165, 1.54) is 0 Å². The molecule has 0 aliphatic rings. The van der Waals surface area contributed by atoms with Gasteiger partial charge >= 0.3 is 0 Å². The van der Waals surface area contributed by atoms with E-state index in [0.29, 0.717) is 0 Å². The Morgan fingerprint density at radius 1 is 1.38 bits per heavy atom. The lowest BCUT2D eigenvalue weighted by Crippen LogP contribution is -2.15. The number of nitrogens with two attached hydrogens (primary N) is 1. The largest absolute Gasteiger partial charge is 0.365 e. The molecule has 1 amide bonds. The molecule has 0 heterocycles. The van der Waals surface area contributed by atoms with Gasteiger partial charge in [0.2, 0.25) is 0 Å². The Balaban J connectivity index is 3.56. The van der Waals surface area contributed by atoms with Crippen molar-refractivity contribution in [3.8, 4) is 0 Å². The van der Waals surface area contributed by atoms with Crippen molar-refractivity contribution in [2.75, 3.05) is 0 Å². The Kier molecular flexibility index (Phi) is 3.02. The molecule has 0 radical (unpaired) electrons. The topological polar surface area (TPSA) is 43.1 Å². The SMILES string of the molecule is NC(=O)c1c(F)c(F)cc(Br)c1Br. The highest BCUT2D eigenvalue weighted by Gasteiger charge is 2.19. The first kappa shape index (κ1) is 10.6. The van der Waals surface area contributed by atoms with Crippen molar-refractivity contribution < 1.29 is 13.6 Å². The van der Waals surface area contributed by atoms with E-state index in [2.05, 4.69) is 31.9 Å². The number of hydrogen-bond donors (Lipinski definition) is 1. The van der Waals surface area contributed by atoms with Crippen LogP contribution >= 0.6 is 31.9 Å². The Hall–Kier alpha value is -0.490. The predicted molar refractivity (Wildman–Crippen MR) is 50.3 cm³/mol. The van der Waals surface area contributed by atoms with Crippen molar-refractivity contribution in [3.05, 3.63) is 32.2 Å². The summed E-state index contributed by atoms with van der Waals surface area (Å²) in [5.41, 5.74) is 4.36. The van der Waals surface area contributed by atoms with Crippen molar-refractivity contribution in [1.29, 1.82) is 0 Å². The molecule has 0 aromatic heterocycles. The number of carbonyl (C=O) groups is 1. The van der Waals surface area contributed by atoms with Crippen LogP contribution in [0.15, 0.2) is 15.0 Å². The zero-order valence-electron chi connectivity index (χ0n) is 6.07. The summed E-state index contributed by atoms with van der Waals surface area (Å²) in [5, 5.41) is 0. The summed E-state index contributed by atoms with van der Waals surface area (Å²) < 4.78 is 26.1. The highest BCUT2D eigenvalue weighted by Crippen LogP contribution is 2.30. The van der Waals surface area contributed by atoms with Crippen LogP contribution in [0.25, 0.3) is 0 Å². The van der Waals surface area contributed by atoms with Gasteiger partial charge in [-0.1, -0.05) is 0 Å². The summed E-state index contributed by atoms with van der Waals surface area (Å²) in [6, 6.07) is 0.909. The highest BCUT2D eigenvalue weighted by molar-refractivity contribution is 9.13. The van der Waals surface area contributed by atoms with E-state index < -0.39 is 23.1 Å². The molecule has 0 saturated heterocycles. The molecule has 1 rings (SSSR count). The molecule has 0 bridgehead atoms. The zero-order valence-corrected chi connectivity index (χ0v) is 9.25. The lowest BCUT2D eigenvalue weighted by Gasteiger charge is -2.04. The molecule has 2 N–H and O–H groups in total. The normalized spacial score (nSPS) is 10.2. The van der Waals surface area contributed by atoms with Gasteiger partial charge in [-0.25, -0.2) is 8.78 Å². The Bertz CT molecular complexity index is 355. The van der Waals surface area contributed by atoms with Gasteiger partial charge in [-0.3, -0.25) is 4.79 Å². The first-order chi connectivity index (χ1) is 5.95. The minimum Gasteiger partial charge on any atom is -0.365 e. The molecule has 6 heteroatoms. The van der Waals surface area contributed by atoms with Gasteiger partial charge < -0.3 is 5.73 Å². The Morgan fingerprint density at radius 2 is 1.92 bits per heavy atom. The van der Waals surface area contributed by atoms with Crippen LogP contribution in [0.3, 0.4) is 0 Å². The average molecular weight is 315 g/mol. The van der Waals surface area contributed by atoms with Gasteiger partial charge in [0.05, 0.1) is 5.56 Å². The summed E-state index contributed by atoms with van der Waals surface area (Å²) in [4.78, 5) is 10.7. The average Bonchev–Trinajstić information content (AvgIpc) is 2.01. The van der Waals surface area contributed by atoms with Crippen LogP contribution in [0.4, 0.5) is 8.78 Å². The van der Waals surface area contributed by atoms with Crippen molar-refractivity contribution in [1.82, 2.24) is 0 Å². The number of rotatable bonds is 1. The monoisotopic (exact) mass is 313 g/mol. The van der Waals surface area contributed by atoms with Gasteiger partial charge in [0, 0.05) is 8.95 Å². The maximum atomic E-state index is 13.0. The molecule has 0 atom stereocenters. The second-order valence-corrected chi connectivity index (χ2v) is 3.85. The van der Waals surface area contributed by atoms with E-state index in [4.69, 9.17) is 5.73 Å². The smallest absolute Gasteiger partial charge is 0.252 e. The van der Waals surface area contributed by atoms with Gasteiger partial charge in [-0.05, 0) is 37.9 Å². The lowest BCUT2D eigenvalue weighted by molar-refractivity contribution is 0.0994. The van der Waals surface area contributed by atoms with Crippen LogP contribution in [-0.2, 0) is 0 Å². The van der Waals surface area contributed by atoms with Crippen LogP contribution in [0.2, 0.25) is 0 Å². The summed E-state index contributed by atoms with van der Waals surface area (Å²) in [7, 11) is 0. The van der Waals surface area contributed by atoms with Crippen LogP contribution in [0, 0.1) is 11.6 Å². The van der Waals surface area contributed by atoms with Gasteiger partial charge in [-0.2, -0.15) is 0 Å². The molecule has 0 aliphatic carbocycles. The van der Waals surface area contributed by atoms with E-state index in [-0.39, 0.29) is 8.95 Å². The summed E-state index contributed by atoms with van der Waals surface area (Å²) in [6.07, 6.45) is 0. The second kappa shape index (κ2) is 3.71. The van der Waals surface area contributed by atoms with Gasteiger partial charge in [-0.15, -0.1) is 0 Å². The van der Waals surface area contributed by atoms with Gasteiger partial charge in [0.25, 0.3) is 5.91 Å². The summed E-state index contributed by atoms with van der Waals surface area (Å²) in [6.45, 7) is 0. The van der Waals surface area contributed by atoms with E-state index in [0.717, 1.165) is 6.07 Å². The van der Waals surface area contributed by atoms with Crippen molar-refractivity contribution in [3.63, 3.8) is 0 Å². The molecule has 13 heavy (non-hydrogen) atoms. The first-order valence-electron chi connectivity index (χ1n) is 3.08. The molecule has 0 saturated carbocycles. The third-order valence-electron chi connectivity index (χ3n) is 1.36. The van der Waals surface area contributed by atoms with E-state index in [1.807, 2.05) is 0 Å². The fourth-order valence-electron chi connectivity index (χ4n) is 0.789. The number of primary amides is 1. The minimum absolute atomic E-state index is 0.110. The quantitative estimate of drug-likeness (QED) is 0.796. The van der Waals surface area contributed by atoms with E-state index in [1.54, 1.807) is 0 Å². The summed E-state index contributed by atoms with van der Waals surface area (Å²) >= 11 is 5.85. The van der Waals surface area contributed by atoms with Gasteiger partial charge in [0.1, 0.15) is 0 Å². The Labute approximate surface area is 89.4 Å². The molecule has 0 aliphatic heterocycles. The number of amides is 1.